The van der Waals surface area contributed by atoms with E-state index < -0.39 is 35.3 Å². The first kappa shape index (κ1) is 23.1. The van der Waals surface area contributed by atoms with Gasteiger partial charge in [-0.3, -0.25) is 0 Å². The van der Waals surface area contributed by atoms with Crippen LogP contribution < -0.4 is 11.1 Å². The zero-order valence-corrected chi connectivity index (χ0v) is 17.1. The largest absolute Gasteiger partial charge is 0.458 e. The number of hydrogen-bond acceptors (Lipinski definition) is 7. The lowest BCUT2D eigenvalue weighted by Crippen LogP contribution is -2.47. The number of ether oxygens (including phenoxy) is 2. The molecule has 1 aromatic heterocycles. The lowest BCUT2D eigenvalue weighted by molar-refractivity contribution is -0.157. The Hall–Kier alpha value is -2.91. The van der Waals surface area contributed by atoms with Crippen LogP contribution >= 0.6 is 0 Å². The van der Waals surface area contributed by atoms with E-state index >= 15 is 0 Å². The predicted octanol–water partition coefficient (Wildman–Crippen LogP) is 1.24. The molecule has 2 atom stereocenters. The number of aliphatic imine (C=N–C) groups is 1. The number of amides is 1. The normalized spacial score (nSPS) is 14.7. The molecule has 1 aromatic rings. The number of rotatable bonds is 6. The summed E-state index contributed by atoms with van der Waals surface area (Å²) in [6.45, 7) is 10.2. The first-order valence-electron chi connectivity index (χ1n) is 8.81. The monoisotopic (exact) mass is 395 g/mol. The maximum atomic E-state index is 12.5. The lowest BCUT2D eigenvalue weighted by atomic mass is 10.1. The highest BCUT2D eigenvalue weighted by Gasteiger charge is 2.31. The van der Waals surface area contributed by atoms with Gasteiger partial charge < -0.3 is 25.3 Å². The molecule has 156 valence electrons. The molecule has 0 aliphatic carbocycles. The Morgan fingerprint density at radius 2 is 1.82 bits per heavy atom. The van der Waals surface area contributed by atoms with Crippen LogP contribution in [0.1, 0.15) is 48.0 Å². The molecule has 0 bridgehead atoms. The first-order chi connectivity index (χ1) is 12.8. The van der Waals surface area contributed by atoms with Crippen molar-refractivity contribution in [3.8, 4) is 0 Å². The Morgan fingerprint density at radius 3 is 2.29 bits per heavy atom. The summed E-state index contributed by atoms with van der Waals surface area (Å²) in [5, 5.41) is 6.36. The predicted molar refractivity (Wildman–Crippen MR) is 103 cm³/mol. The van der Waals surface area contributed by atoms with Crippen molar-refractivity contribution in [2.45, 2.75) is 71.2 Å². The number of hydrogen-bond donors (Lipinski definition) is 2. The van der Waals surface area contributed by atoms with Gasteiger partial charge in [0.25, 0.3) is 0 Å². The van der Waals surface area contributed by atoms with E-state index in [1.54, 1.807) is 53.8 Å². The van der Waals surface area contributed by atoms with Crippen molar-refractivity contribution in [1.82, 2.24) is 15.1 Å². The van der Waals surface area contributed by atoms with Gasteiger partial charge >= 0.3 is 12.1 Å². The molecule has 28 heavy (non-hydrogen) atoms. The van der Waals surface area contributed by atoms with Crippen molar-refractivity contribution >= 4 is 24.3 Å². The average Bonchev–Trinajstić information content (AvgIpc) is 3.04. The zero-order chi connectivity index (χ0) is 21.5. The maximum absolute atomic E-state index is 12.5. The second-order valence-corrected chi connectivity index (χ2v) is 8.11. The van der Waals surface area contributed by atoms with Crippen LogP contribution in [0.2, 0.25) is 0 Å². The molecule has 1 heterocycles. The van der Waals surface area contributed by atoms with E-state index in [4.69, 9.17) is 15.2 Å². The van der Waals surface area contributed by atoms with Crippen LogP contribution in [0, 0.1) is 0 Å². The summed E-state index contributed by atoms with van der Waals surface area (Å²) in [6, 6.07) is -0.513. The van der Waals surface area contributed by atoms with Crippen LogP contribution in [0.5, 0.6) is 0 Å². The van der Waals surface area contributed by atoms with Crippen molar-refractivity contribution in [3.63, 3.8) is 0 Å². The number of aldehydes is 1. The molecule has 1 rings (SSSR count). The van der Waals surface area contributed by atoms with Gasteiger partial charge in [-0.2, -0.15) is 5.10 Å². The summed E-state index contributed by atoms with van der Waals surface area (Å²) in [6.07, 6.45) is 2.64. The summed E-state index contributed by atoms with van der Waals surface area (Å²) in [7, 11) is 0. The number of carbonyl (C=O) groups excluding carboxylic acids is 3. The molecule has 3 N–H and O–H groups in total. The van der Waals surface area contributed by atoms with Crippen LogP contribution in [0.3, 0.4) is 0 Å². The minimum Gasteiger partial charge on any atom is -0.458 e. The minimum atomic E-state index is -1.15. The molecule has 0 spiro atoms. The Balaban J connectivity index is 2.98. The van der Waals surface area contributed by atoms with Gasteiger partial charge in [0, 0.05) is 18.8 Å². The third-order valence-corrected chi connectivity index (χ3v) is 3.05. The molecule has 10 heteroatoms. The lowest BCUT2D eigenvalue weighted by Gasteiger charge is -2.26. The van der Waals surface area contributed by atoms with Crippen molar-refractivity contribution in [1.29, 1.82) is 0 Å². The van der Waals surface area contributed by atoms with E-state index in [0.29, 0.717) is 6.29 Å². The van der Waals surface area contributed by atoms with Gasteiger partial charge in [0.1, 0.15) is 29.6 Å². The summed E-state index contributed by atoms with van der Waals surface area (Å²) in [5.74, 6) is -0.736. The fraction of sp³-hybridized carbons (Fsp3) is 0.611. The van der Waals surface area contributed by atoms with Crippen LogP contribution in [-0.4, -0.2) is 57.4 Å². The van der Waals surface area contributed by atoms with Crippen LogP contribution in [0.15, 0.2) is 23.5 Å². The van der Waals surface area contributed by atoms with Gasteiger partial charge in [0.05, 0.1) is 0 Å². The molecule has 1 amide bonds. The molecule has 1 unspecified atom stereocenters. The standard InChI is InChI=1S/C18H29N5O5/c1-17(2,3)27-14(25)13(22-16(26)28-18(4,5)6)10-12(11-24)21-15(19)23-9-7-8-20-23/h7-9,11-13H,10H2,1-6H3,(H2,19,21)(H,22,26)/t12?,13-/m0/s1. The summed E-state index contributed by atoms with van der Waals surface area (Å²) in [4.78, 5) is 40.2. The van der Waals surface area contributed by atoms with E-state index in [0.717, 1.165) is 0 Å². The topological polar surface area (TPSA) is 138 Å². The SMILES string of the molecule is CC(C)(C)OC(=O)N[C@@H](CC(C=O)N=C(N)n1cccn1)C(=O)OC(C)(C)C. The van der Waals surface area contributed by atoms with E-state index in [1.807, 2.05) is 0 Å². The fourth-order valence-electron chi connectivity index (χ4n) is 2.05. The van der Waals surface area contributed by atoms with Crippen LogP contribution in [0.25, 0.3) is 0 Å². The van der Waals surface area contributed by atoms with Crippen molar-refractivity contribution < 1.29 is 23.9 Å². The van der Waals surface area contributed by atoms with E-state index in [2.05, 4.69) is 15.4 Å². The number of nitrogens with two attached hydrogens (primary N) is 1. The minimum absolute atomic E-state index is 0.0256. The third kappa shape index (κ3) is 8.65. The Morgan fingerprint density at radius 1 is 1.21 bits per heavy atom. The highest BCUT2D eigenvalue weighted by molar-refractivity contribution is 5.84. The molecule has 10 nitrogen and oxygen atoms in total. The number of aromatic nitrogens is 2. The second kappa shape index (κ2) is 9.34. The molecular formula is C18H29N5O5. The van der Waals surface area contributed by atoms with Gasteiger partial charge in [-0.15, -0.1) is 0 Å². The van der Waals surface area contributed by atoms with Gasteiger partial charge in [-0.25, -0.2) is 19.3 Å². The highest BCUT2D eigenvalue weighted by Crippen LogP contribution is 2.13. The molecular weight excluding hydrogens is 366 g/mol. The molecule has 0 radical (unpaired) electrons. The number of carbonyl (C=O) groups is 3. The van der Waals surface area contributed by atoms with Crippen LogP contribution in [0.4, 0.5) is 4.79 Å². The number of nitrogens with zero attached hydrogens (tertiary/aromatic N) is 3. The molecule has 0 aliphatic rings. The van der Waals surface area contributed by atoms with Gasteiger partial charge in [-0.05, 0) is 47.6 Å². The molecule has 0 fully saturated rings. The second-order valence-electron chi connectivity index (χ2n) is 8.11. The Labute approximate surface area is 164 Å². The molecule has 0 saturated carbocycles. The smallest absolute Gasteiger partial charge is 0.408 e. The van der Waals surface area contributed by atoms with E-state index in [-0.39, 0.29) is 12.4 Å². The summed E-state index contributed by atoms with van der Waals surface area (Å²) in [5.41, 5.74) is 4.28. The summed E-state index contributed by atoms with van der Waals surface area (Å²) < 4.78 is 11.8. The maximum Gasteiger partial charge on any atom is 0.408 e. The average molecular weight is 395 g/mol. The van der Waals surface area contributed by atoms with Crippen LogP contribution in [-0.2, 0) is 19.1 Å². The third-order valence-electron chi connectivity index (χ3n) is 3.05. The van der Waals surface area contributed by atoms with Crippen molar-refractivity contribution in [2.75, 3.05) is 0 Å². The highest BCUT2D eigenvalue weighted by atomic mass is 16.6. The molecule has 0 saturated heterocycles. The fourth-order valence-corrected chi connectivity index (χ4v) is 2.05. The Bertz CT molecular complexity index is 701. The van der Waals surface area contributed by atoms with Crippen molar-refractivity contribution in [2.24, 2.45) is 10.7 Å². The summed E-state index contributed by atoms with van der Waals surface area (Å²) >= 11 is 0. The number of alkyl carbamates (subject to hydrolysis) is 1. The van der Waals surface area contributed by atoms with Crippen molar-refractivity contribution in [3.05, 3.63) is 18.5 Å². The molecule has 0 aromatic carbocycles. The number of nitrogens with one attached hydrogen (secondary N) is 1. The quantitative estimate of drug-likeness (QED) is 0.320. The molecule has 0 aliphatic heterocycles. The van der Waals surface area contributed by atoms with E-state index in [9.17, 15) is 14.4 Å². The zero-order valence-electron chi connectivity index (χ0n) is 17.1. The Kier molecular flexibility index (Phi) is 7.71. The number of esters is 1. The van der Waals surface area contributed by atoms with Gasteiger partial charge in [0.15, 0.2) is 0 Å². The van der Waals surface area contributed by atoms with E-state index in [1.165, 1.54) is 10.9 Å². The van der Waals surface area contributed by atoms with Gasteiger partial charge in [-0.1, -0.05) is 0 Å². The first-order valence-corrected chi connectivity index (χ1v) is 8.81. The van der Waals surface area contributed by atoms with Gasteiger partial charge in [0.2, 0.25) is 5.96 Å².